The van der Waals surface area contributed by atoms with Crippen LogP contribution in [0.15, 0.2) is 47.8 Å². The van der Waals surface area contributed by atoms with Crippen LogP contribution in [-0.4, -0.2) is 29.4 Å². The molecule has 1 aromatic heterocycles. The second-order valence-electron chi connectivity index (χ2n) is 7.45. The van der Waals surface area contributed by atoms with Gasteiger partial charge in [0.25, 0.3) is 0 Å². The number of thiazole rings is 1. The van der Waals surface area contributed by atoms with E-state index < -0.39 is 0 Å². The molecule has 0 spiro atoms. The number of aryl methyl sites for hydroxylation is 1. The Balaban J connectivity index is 1.33. The fourth-order valence-electron chi connectivity index (χ4n) is 3.69. The highest BCUT2D eigenvalue weighted by Gasteiger charge is 2.18. The van der Waals surface area contributed by atoms with Crippen molar-refractivity contribution >= 4 is 22.4 Å². The van der Waals surface area contributed by atoms with Gasteiger partial charge in [0.05, 0.1) is 19.2 Å². The molecule has 4 rings (SSSR count). The van der Waals surface area contributed by atoms with Crippen molar-refractivity contribution in [2.24, 2.45) is 0 Å². The third-order valence-electron chi connectivity index (χ3n) is 5.14. The Bertz CT molecular complexity index is 1010. The van der Waals surface area contributed by atoms with Crippen molar-refractivity contribution in [1.29, 1.82) is 0 Å². The van der Waals surface area contributed by atoms with Crippen LogP contribution in [0.5, 0.6) is 5.75 Å². The summed E-state index contributed by atoms with van der Waals surface area (Å²) in [6.45, 7) is 4.72. The van der Waals surface area contributed by atoms with Crippen LogP contribution in [0.25, 0.3) is 0 Å². The number of aromatic nitrogens is 1. The van der Waals surface area contributed by atoms with E-state index in [9.17, 15) is 4.79 Å². The van der Waals surface area contributed by atoms with Gasteiger partial charge < -0.3 is 10.1 Å². The number of hydrogen-bond acceptors (Lipinski definition) is 5. The molecule has 2 heterocycles. The Morgan fingerprint density at radius 3 is 2.97 bits per heavy atom. The monoisotopic (exact) mass is 407 g/mol. The van der Waals surface area contributed by atoms with Crippen molar-refractivity contribution in [3.05, 3.63) is 75.8 Å². The molecule has 0 atom stereocenters. The smallest absolute Gasteiger partial charge is 0.230 e. The molecular weight excluding hydrogens is 382 g/mol. The number of carbonyl (C=O) groups is 1. The quantitative estimate of drug-likeness (QED) is 0.665. The first-order chi connectivity index (χ1) is 14.1. The van der Waals surface area contributed by atoms with Crippen LogP contribution in [0.2, 0.25) is 0 Å². The van der Waals surface area contributed by atoms with Gasteiger partial charge in [0.15, 0.2) is 5.13 Å². The topological polar surface area (TPSA) is 54.5 Å². The standard InChI is InChI=1S/C23H25N3O2S/c1-16-4-3-5-17(10-16)11-22(27)25-23-24-20(15-29-23)14-26-9-8-18-12-21(28-2)7-6-19(18)13-26/h3-7,10,12,15H,8-9,11,13-14H2,1-2H3,(H,24,25,27). The highest BCUT2D eigenvalue weighted by atomic mass is 32.1. The molecule has 5 nitrogen and oxygen atoms in total. The van der Waals surface area contributed by atoms with Crippen LogP contribution < -0.4 is 10.1 Å². The summed E-state index contributed by atoms with van der Waals surface area (Å²) in [6.07, 6.45) is 1.37. The Morgan fingerprint density at radius 1 is 1.24 bits per heavy atom. The highest BCUT2D eigenvalue weighted by Crippen LogP contribution is 2.25. The number of nitrogens with one attached hydrogen (secondary N) is 1. The predicted molar refractivity (Wildman–Crippen MR) is 116 cm³/mol. The number of amides is 1. The van der Waals surface area contributed by atoms with Gasteiger partial charge in [0.2, 0.25) is 5.91 Å². The van der Waals surface area contributed by atoms with Gasteiger partial charge in [-0.15, -0.1) is 11.3 Å². The lowest BCUT2D eigenvalue weighted by Gasteiger charge is -2.28. The molecule has 0 aliphatic carbocycles. The molecule has 2 aromatic carbocycles. The summed E-state index contributed by atoms with van der Waals surface area (Å²) in [4.78, 5) is 19.3. The number of methoxy groups -OCH3 is 1. The summed E-state index contributed by atoms with van der Waals surface area (Å²) in [5.41, 5.74) is 5.89. The molecule has 1 aliphatic rings. The van der Waals surface area contributed by atoms with E-state index in [2.05, 4.69) is 27.3 Å². The summed E-state index contributed by atoms with van der Waals surface area (Å²) >= 11 is 1.48. The minimum absolute atomic E-state index is 0.0302. The summed E-state index contributed by atoms with van der Waals surface area (Å²) in [5, 5.41) is 5.63. The van der Waals surface area contributed by atoms with Crippen molar-refractivity contribution in [2.45, 2.75) is 32.9 Å². The Hall–Kier alpha value is -2.70. The van der Waals surface area contributed by atoms with Crippen LogP contribution in [0, 0.1) is 6.92 Å². The van der Waals surface area contributed by atoms with Crippen LogP contribution in [0.1, 0.15) is 27.9 Å². The molecule has 150 valence electrons. The SMILES string of the molecule is COc1ccc2c(c1)CCN(Cc1csc(NC(=O)Cc3cccc(C)c3)n1)C2. The minimum atomic E-state index is -0.0302. The van der Waals surface area contributed by atoms with Gasteiger partial charge in [0, 0.05) is 25.0 Å². The maximum absolute atomic E-state index is 12.3. The first kappa shape index (κ1) is 19.6. The molecular formula is C23H25N3O2S. The molecule has 1 amide bonds. The number of anilines is 1. The van der Waals surface area contributed by atoms with Gasteiger partial charge in [-0.1, -0.05) is 35.9 Å². The second kappa shape index (κ2) is 8.76. The normalized spacial score (nSPS) is 13.7. The van der Waals surface area contributed by atoms with E-state index in [0.29, 0.717) is 11.6 Å². The van der Waals surface area contributed by atoms with Gasteiger partial charge in [-0.2, -0.15) is 0 Å². The predicted octanol–water partition coefficient (Wildman–Crippen LogP) is 4.20. The first-order valence-electron chi connectivity index (χ1n) is 9.77. The third-order valence-corrected chi connectivity index (χ3v) is 5.94. The molecule has 29 heavy (non-hydrogen) atoms. The molecule has 0 fully saturated rings. The van der Waals surface area contributed by atoms with Crippen LogP contribution in [0.4, 0.5) is 5.13 Å². The molecule has 1 N–H and O–H groups in total. The number of ether oxygens (including phenoxy) is 1. The minimum Gasteiger partial charge on any atom is -0.497 e. The third kappa shape index (κ3) is 5.02. The fraction of sp³-hybridized carbons (Fsp3) is 0.304. The second-order valence-corrected chi connectivity index (χ2v) is 8.31. The van der Waals surface area contributed by atoms with Crippen molar-refractivity contribution in [3.63, 3.8) is 0 Å². The zero-order chi connectivity index (χ0) is 20.2. The first-order valence-corrected chi connectivity index (χ1v) is 10.6. The zero-order valence-electron chi connectivity index (χ0n) is 16.8. The van der Waals surface area contributed by atoms with Crippen molar-refractivity contribution in [3.8, 4) is 5.75 Å². The Morgan fingerprint density at radius 2 is 2.14 bits per heavy atom. The zero-order valence-corrected chi connectivity index (χ0v) is 17.6. The number of benzene rings is 2. The summed E-state index contributed by atoms with van der Waals surface area (Å²) in [7, 11) is 1.70. The molecule has 0 saturated heterocycles. The number of nitrogens with zero attached hydrogens (tertiary/aromatic N) is 2. The summed E-state index contributed by atoms with van der Waals surface area (Å²) in [5.74, 6) is 0.889. The van der Waals surface area contributed by atoms with Crippen LogP contribution >= 0.6 is 11.3 Å². The molecule has 1 aliphatic heterocycles. The lowest BCUT2D eigenvalue weighted by molar-refractivity contribution is -0.115. The van der Waals surface area contributed by atoms with Crippen molar-refractivity contribution in [1.82, 2.24) is 9.88 Å². The van der Waals surface area contributed by atoms with E-state index in [1.807, 2.05) is 42.6 Å². The van der Waals surface area contributed by atoms with Crippen molar-refractivity contribution in [2.75, 3.05) is 19.0 Å². The largest absolute Gasteiger partial charge is 0.497 e. The summed E-state index contributed by atoms with van der Waals surface area (Å²) < 4.78 is 5.32. The number of carbonyl (C=O) groups excluding carboxylic acids is 1. The van der Waals surface area contributed by atoms with Gasteiger partial charge in [0.1, 0.15) is 5.75 Å². The van der Waals surface area contributed by atoms with Gasteiger partial charge in [-0.25, -0.2) is 4.98 Å². The van der Waals surface area contributed by atoms with Gasteiger partial charge in [-0.3, -0.25) is 9.69 Å². The van der Waals surface area contributed by atoms with E-state index in [-0.39, 0.29) is 5.91 Å². The summed E-state index contributed by atoms with van der Waals surface area (Å²) in [6, 6.07) is 14.3. The maximum atomic E-state index is 12.3. The molecule has 0 saturated carbocycles. The van der Waals surface area contributed by atoms with E-state index >= 15 is 0 Å². The molecule has 0 unspecified atom stereocenters. The lowest BCUT2D eigenvalue weighted by Crippen LogP contribution is -2.30. The fourth-order valence-corrected chi connectivity index (χ4v) is 4.40. The molecule has 3 aromatic rings. The average Bonchev–Trinajstić information content (AvgIpc) is 3.14. The maximum Gasteiger partial charge on any atom is 0.230 e. The van der Waals surface area contributed by atoms with E-state index in [0.717, 1.165) is 48.6 Å². The van der Waals surface area contributed by atoms with Crippen LogP contribution in [-0.2, 0) is 30.7 Å². The molecule has 6 heteroatoms. The molecule has 0 radical (unpaired) electrons. The number of fused-ring (bicyclic) bond motifs is 1. The number of hydrogen-bond donors (Lipinski definition) is 1. The molecule has 0 bridgehead atoms. The van der Waals surface area contributed by atoms with Crippen LogP contribution in [0.3, 0.4) is 0 Å². The lowest BCUT2D eigenvalue weighted by atomic mass is 9.99. The average molecular weight is 408 g/mol. The number of rotatable bonds is 6. The van der Waals surface area contributed by atoms with E-state index in [4.69, 9.17) is 4.74 Å². The van der Waals surface area contributed by atoms with Gasteiger partial charge >= 0.3 is 0 Å². The Kier molecular flexibility index (Phi) is 5.92. The van der Waals surface area contributed by atoms with Gasteiger partial charge in [-0.05, 0) is 42.2 Å². The van der Waals surface area contributed by atoms with Crippen molar-refractivity contribution < 1.29 is 9.53 Å². The van der Waals surface area contributed by atoms with E-state index in [1.165, 1.54) is 22.5 Å². The highest BCUT2D eigenvalue weighted by molar-refractivity contribution is 7.13. The Labute approximate surface area is 175 Å². The van der Waals surface area contributed by atoms with E-state index in [1.54, 1.807) is 7.11 Å².